The van der Waals surface area contributed by atoms with Gasteiger partial charge in [0.05, 0.1) is 7.11 Å². The summed E-state index contributed by atoms with van der Waals surface area (Å²) in [4.78, 5) is 0. The minimum atomic E-state index is -4.51. The Labute approximate surface area is 110 Å². The second-order valence-corrected chi connectivity index (χ2v) is 4.09. The molecule has 15 heavy (non-hydrogen) atoms. The number of hydrogen-bond donors (Lipinski definition) is 2. The molecule has 1 unspecified atom stereocenters. The van der Waals surface area contributed by atoms with E-state index in [1.54, 1.807) is 6.07 Å². The van der Waals surface area contributed by atoms with E-state index in [0.717, 1.165) is 0 Å². The summed E-state index contributed by atoms with van der Waals surface area (Å²) in [5.74, 6) is 0.206. The molecule has 0 saturated carbocycles. The molecule has 5 nitrogen and oxygen atoms in total. The second kappa shape index (κ2) is 5.83. The third-order valence-electron chi connectivity index (χ3n) is 1.69. The number of hydrogen-bond acceptors (Lipinski definition) is 4. The molecule has 1 rings (SSSR count). The fourth-order valence-corrected chi connectivity index (χ4v) is 1.55. The first kappa shape index (κ1) is 14.9. The molecule has 0 aliphatic heterocycles. The van der Waals surface area contributed by atoms with Crippen molar-refractivity contribution < 1.29 is 22.8 Å². The van der Waals surface area contributed by atoms with E-state index in [2.05, 4.69) is 0 Å². The molecule has 0 fully saturated rings. The third-order valence-corrected chi connectivity index (χ3v) is 2.51. The van der Waals surface area contributed by atoms with Crippen molar-refractivity contribution in [3.8, 4) is 5.75 Å². The van der Waals surface area contributed by atoms with E-state index >= 15 is 0 Å². The summed E-state index contributed by atoms with van der Waals surface area (Å²) >= 11 is 0. The van der Waals surface area contributed by atoms with E-state index in [0.29, 0.717) is 0 Å². The number of aliphatic hydroxyl groups excluding tert-OH is 1. The van der Waals surface area contributed by atoms with Crippen LogP contribution in [0.2, 0.25) is 0 Å². The van der Waals surface area contributed by atoms with E-state index in [9.17, 15) is 13.5 Å². The molecule has 0 heterocycles. The minimum absolute atomic E-state index is 0. The van der Waals surface area contributed by atoms with Gasteiger partial charge in [-0.05, 0) is 6.07 Å². The van der Waals surface area contributed by atoms with Gasteiger partial charge < -0.3 is 9.84 Å². The van der Waals surface area contributed by atoms with Crippen LogP contribution in [-0.2, 0) is 10.1 Å². The van der Waals surface area contributed by atoms with Gasteiger partial charge in [-0.3, -0.25) is 4.55 Å². The van der Waals surface area contributed by atoms with Gasteiger partial charge in [0.2, 0.25) is 5.44 Å². The molecular weight excluding hydrogens is 231 g/mol. The number of para-hydroxylation sites is 1. The summed E-state index contributed by atoms with van der Waals surface area (Å²) in [6.07, 6.45) is 0. The number of methoxy groups -OCH3 is 1. The standard InChI is InChI=1S/C8H10O5S.Na/c1-13-7-5-3-2-4-6(7)8(9)14(10,11)12;/h2-5,8-9H,1H3,(H,10,11,12);. The van der Waals surface area contributed by atoms with Crippen LogP contribution in [0.4, 0.5) is 0 Å². The molecular formula is C8H10NaO5S. The topological polar surface area (TPSA) is 83.8 Å². The molecule has 0 aliphatic carbocycles. The number of rotatable bonds is 3. The maximum absolute atomic E-state index is 10.6. The normalized spacial score (nSPS) is 12.7. The molecule has 0 bridgehead atoms. The van der Waals surface area contributed by atoms with E-state index in [-0.39, 0.29) is 40.9 Å². The van der Waals surface area contributed by atoms with Crippen LogP contribution < -0.4 is 4.74 Å². The Bertz CT molecular complexity index is 417. The predicted molar refractivity (Wildman–Crippen MR) is 55.3 cm³/mol. The van der Waals surface area contributed by atoms with Gasteiger partial charge in [-0.15, -0.1) is 0 Å². The van der Waals surface area contributed by atoms with Crippen molar-refractivity contribution in [3.05, 3.63) is 29.8 Å². The summed E-state index contributed by atoms with van der Waals surface area (Å²) < 4.78 is 34.8. The van der Waals surface area contributed by atoms with Crippen molar-refractivity contribution in [2.45, 2.75) is 5.44 Å². The van der Waals surface area contributed by atoms with Gasteiger partial charge in [-0.25, -0.2) is 0 Å². The van der Waals surface area contributed by atoms with Crippen LogP contribution in [-0.4, -0.2) is 54.7 Å². The summed E-state index contributed by atoms with van der Waals surface area (Å²) in [6, 6.07) is 6.01. The summed E-state index contributed by atoms with van der Waals surface area (Å²) in [6.45, 7) is 0. The van der Waals surface area contributed by atoms with Gasteiger partial charge in [0.1, 0.15) is 5.75 Å². The van der Waals surface area contributed by atoms with Gasteiger partial charge in [-0.1, -0.05) is 18.2 Å². The Balaban J connectivity index is 0.00000196. The zero-order chi connectivity index (χ0) is 10.8. The molecule has 79 valence electrons. The van der Waals surface area contributed by atoms with Crippen molar-refractivity contribution in [2.24, 2.45) is 0 Å². The first-order valence-corrected chi connectivity index (χ1v) is 5.24. The Morgan fingerprint density at radius 1 is 1.33 bits per heavy atom. The molecule has 0 aromatic heterocycles. The van der Waals surface area contributed by atoms with Crippen molar-refractivity contribution >= 4 is 39.7 Å². The summed E-state index contributed by atoms with van der Waals surface area (Å²) in [5, 5.41) is 9.25. The summed E-state index contributed by atoms with van der Waals surface area (Å²) in [7, 11) is -3.17. The van der Waals surface area contributed by atoms with Crippen LogP contribution in [0, 0.1) is 0 Å². The van der Waals surface area contributed by atoms with E-state index in [4.69, 9.17) is 9.29 Å². The van der Waals surface area contributed by atoms with Crippen molar-refractivity contribution in [2.75, 3.05) is 7.11 Å². The molecule has 1 aromatic carbocycles. The monoisotopic (exact) mass is 241 g/mol. The predicted octanol–water partition coefficient (Wildman–Crippen LogP) is 0.193. The third kappa shape index (κ3) is 3.75. The van der Waals surface area contributed by atoms with Crippen molar-refractivity contribution in [3.63, 3.8) is 0 Å². The Morgan fingerprint density at radius 2 is 1.87 bits per heavy atom. The Morgan fingerprint density at radius 3 is 2.33 bits per heavy atom. The largest absolute Gasteiger partial charge is 0.496 e. The first-order valence-electron chi connectivity index (χ1n) is 3.74. The molecule has 1 aromatic rings. The van der Waals surface area contributed by atoms with Crippen LogP contribution in [0.5, 0.6) is 5.75 Å². The molecule has 0 amide bonds. The molecule has 7 heteroatoms. The first-order chi connectivity index (χ1) is 6.46. The van der Waals surface area contributed by atoms with E-state index < -0.39 is 15.6 Å². The van der Waals surface area contributed by atoms with Crippen LogP contribution in [0.1, 0.15) is 11.0 Å². The molecule has 1 radical (unpaired) electrons. The van der Waals surface area contributed by atoms with Gasteiger partial charge in [0, 0.05) is 35.1 Å². The molecule has 2 N–H and O–H groups in total. The summed E-state index contributed by atoms with van der Waals surface area (Å²) in [5.41, 5.74) is -1.96. The maximum Gasteiger partial charge on any atom is 0.296 e. The number of ether oxygens (including phenoxy) is 1. The quantitative estimate of drug-likeness (QED) is 0.583. The van der Waals surface area contributed by atoms with Crippen LogP contribution in [0.3, 0.4) is 0 Å². The minimum Gasteiger partial charge on any atom is -0.496 e. The number of aliphatic hydroxyl groups is 1. The van der Waals surface area contributed by atoms with Gasteiger partial charge >= 0.3 is 0 Å². The Hall–Kier alpha value is -0.110. The van der Waals surface area contributed by atoms with Crippen LogP contribution >= 0.6 is 0 Å². The average Bonchev–Trinajstić information content (AvgIpc) is 2.15. The van der Waals surface area contributed by atoms with Crippen LogP contribution in [0.15, 0.2) is 24.3 Å². The fourth-order valence-electron chi connectivity index (χ4n) is 1.03. The molecule has 0 spiro atoms. The zero-order valence-corrected chi connectivity index (χ0v) is 11.2. The van der Waals surface area contributed by atoms with Gasteiger partial charge in [-0.2, -0.15) is 8.42 Å². The number of benzene rings is 1. The SMILES string of the molecule is COc1ccccc1C(O)S(=O)(=O)O.[Na]. The van der Waals surface area contributed by atoms with Crippen molar-refractivity contribution in [1.29, 1.82) is 0 Å². The Kier molecular flexibility index (Phi) is 5.79. The molecule has 0 aliphatic rings. The molecule has 1 atom stereocenters. The van der Waals surface area contributed by atoms with Crippen molar-refractivity contribution in [1.82, 2.24) is 0 Å². The van der Waals surface area contributed by atoms with Gasteiger partial charge in [0.25, 0.3) is 10.1 Å². The van der Waals surface area contributed by atoms with Crippen LogP contribution in [0.25, 0.3) is 0 Å². The van der Waals surface area contributed by atoms with Gasteiger partial charge in [0.15, 0.2) is 0 Å². The van der Waals surface area contributed by atoms with E-state index in [1.165, 1.54) is 25.3 Å². The molecule has 0 saturated heterocycles. The zero-order valence-electron chi connectivity index (χ0n) is 8.41. The average molecular weight is 241 g/mol. The van der Waals surface area contributed by atoms with E-state index in [1.807, 2.05) is 0 Å². The second-order valence-electron chi connectivity index (χ2n) is 2.61. The smallest absolute Gasteiger partial charge is 0.296 e. The fraction of sp³-hybridized carbons (Fsp3) is 0.250. The maximum atomic E-state index is 10.6.